The van der Waals surface area contributed by atoms with Gasteiger partial charge in [0.1, 0.15) is 5.82 Å². The Morgan fingerprint density at radius 1 is 1.12 bits per heavy atom. The SMILES string of the molecule is CNC(=O)[C@H]1CCCN(c2ccc(Nc3cc(NCc4ccccc4)c(C(N)=O)cn3)cc2)C1. The van der Waals surface area contributed by atoms with E-state index in [1.165, 1.54) is 6.20 Å². The van der Waals surface area contributed by atoms with Crippen molar-refractivity contribution in [3.63, 3.8) is 0 Å². The average molecular weight is 459 g/mol. The highest BCUT2D eigenvalue weighted by Crippen LogP contribution is 2.27. The Morgan fingerprint density at radius 3 is 2.59 bits per heavy atom. The molecule has 3 aromatic rings. The van der Waals surface area contributed by atoms with Crippen LogP contribution in [0.4, 0.5) is 22.9 Å². The molecule has 8 heteroatoms. The maximum Gasteiger partial charge on any atom is 0.252 e. The molecule has 0 spiro atoms. The lowest BCUT2D eigenvalue weighted by atomic mass is 9.96. The number of primary amides is 1. The van der Waals surface area contributed by atoms with Gasteiger partial charge in [-0.05, 0) is 42.7 Å². The van der Waals surface area contributed by atoms with E-state index in [0.717, 1.165) is 42.9 Å². The number of benzene rings is 2. The molecule has 1 fully saturated rings. The van der Waals surface area contributed by atoms with Crippen LogP contribution in [-0.4, -0.2) is 36.9 Å². The molecule has 8 nitrogen and oxygen atoms in total. The van der Waals surface area contributed by atoms with Gasteiger partial charge in [-0.25, -0.2) is 4.98 Å². The molecule has 0 saturated carbocycles. The minimum Gasteiger partial charge on any atom is -0.380 e. The Bertz CT molecular complexity index is 1130. The molecule has 34 heavy (non-hydrogen) atoms. The molecule has 4 rings (SSSR count). The average Bonchev–Trinajstić information content (AvgIpc) is 2.88. The monoisotopic (exact) mass is 458 g/mol. The van der Waals surface area contributed by atoms with Gasteiger partial charge in [0.25, 0.3) is 5.91 Å². The van der Waals surface area contributed by atoms with Crippen molar-refractivity contribution in [2.75, 3.05) is 35.7 Å². The number of anilines is 4. The number of nitrogens with one attached hydrogen (secondary N) is 3. The highest BCUT2D eigenvalue weighted by Gasteiger charge is 2.25. The standard InChI is InChI=1S/C26H30N6O2/c1-28-26(34)19-8-5-13-32(17-19)21-11-9-20(10-12-21)31-24-14-23(22(16-30-24)25(27)33)29-15-18-6-3-2-4-7-18/h2-4,6-7,9-12,14,16,19H,5,8,13,15,17H2,1H3,(H2,27,33)(H,28,34)(H2,29,30,31)/t19-/m0/s1. The van der Waals surface area contributed by atoms with Crippen LogP contribution in [0.3, 0.4) is 0 Å². The number of carbonyl (C=O) groups excluding carboxylic acids is 2. The third kappa shape index (κ3) is 5.64. The summed E-state index contributed by atoms with van der Waals surface area (Å²) in [6.07, 6.45) is 3.40. The van der Waals surface area contributed by atoms with Crippen LogP contribution in [0.1, 0.15) is 28.8 Å². The summed E-state index contributed by atoms with van der Waals surface area (Å²) in [5.74, 6) is 0.193. The van der Waals surface area contributed by atoms with E-state index in [2.05, 4.69) is 25.8 Å². The van der Waals surface area contributed by atoms with E-state index in [4.69, 9.17) is 5.73 Å². The predicted molar refractivity (Wildman–Crippen MR) is 135 cm³/mol. The Morgan fingerprint density at radius 2 is 1.88 bits per heavy atom. The van der Waals surface area contributed by atoms with E-state index in [1.54, 1.807) is 13.1 Å². The molecule has 2 aromatic carbocycles. The van der Waals surface area contributed by atoms with Crippen molar-refractivity contribution in [3.05, 3.63) is 78.0 Å². The molecule has 0 aliphatic carbocycles. The number of carbonyl (C=O) groups is 2. The predicted octanol–water partition coefficient (Wildman–Crippen LogP) is 3.50. The number of hydrogen-bond donors (Lipinski definition) is 4. The molecule has 0 unspecified atom stereocenters. The van der Waals surface area contributed by atoms with Crippen LogP contribution in [0.15, 0.2) is 66.9 Å². The zero-order valence-electron chi connectivity index (χ0n) is 19.3. The number of aromatic nitrogens is 1. The first-order chi connectivity index (χ1) is 16.5. The molecule has 1 aliphatic rings. The van der Waals surface area contributed by atoms with Gasteiger partial charge in [-0.1, -0.05) is 30.3 Å². The van der Waals surface area contributed by atoms with Crippen LogP contribution in [0.25, 0.3) is 0 Å². The summed E-state index contributed by atoms with van der Waals surface area (Å²) in [7, 11) is 1.69. The van der Waals surface area contributed by atoms with Crippen LogP contribution in [0.2, 0.25) is 0 Å². The maximum absolute atomic E-state index is 12.0. The number of amides is 2. The molecule has 2 amide bonds. The van der Waals surface area contributed by atoms with E-state index in [-0.39, 0.29) is 11.8 Å². The van der Waals surface area contributed by atoms with E-state index in [1.807, 2.05) is 54.6 Å². The fraction of sp³-hybridized carbons (Fsp3) is 0.269. The second kappa shape index (κ2) is 10.7. The van der Waals surface area contributed by atoms with E-state index in [0.29, 0.717) is 23.6 Å². The van der Waals surface area contributed by atoms with Gasteiger partial charge in [0.2, 0.25) is 5.91 Å². The van der Waals surface area contributed by atoms with Crippen molar-refractivity contribution in [3.8, 4) is 0 Å². The lowest BCUT2D eigenvalue weighted by Crippen LogP contribution is -2.42. The normalized spacial score (nSPS) is 15.4. The summed E-state index contributed by atoms with van der Waals surface area (Å²) in [6, 6.07) is 19.8. The van der Waals surface area contributed by atoms with Gasteiger partial charge in [-0.3, -0.25) is 9.59 Å². The molecule has 176 valence electrons. The van der Waals surface area contributed by atoms with Crippen molar-refractivity contribution < 1.29 is 9.59 Å². The van der Waals surface area contributed by atoms with Crippen molar-refractivity contribution >= 4 is 34.7 Å². The molecule has 5 N–H and O–H groups in total. The second-order valence-electron chi connectivity index (χ2n) is 8.39. The van der Waals surface area contributed by atoms with Gasteiger partial charge < -0.3 is 26.6 Å². The molecule has 1 aliphatic heterocycles. The molecular formula is C26H30N6O2. The molecule has 1 atom stereocenters. The topological polar surface area (TPSA) is 112 Å². The zero-order valence-corrected chi connectivity index (χ0v) is 19.3. The quantitative estimate of drug-likeness (QED) is 0.411. The second-order valence-corrected chi connectivity index (χ2v) is 8.39. The van der Waals surface area contributed by atoms with Gasteiger partial charge in [0.05, 0.1) is 17.2 Å². The van der Waals surface area contributed by atoms with Crippen LogP contribution < -0.4 is 26.6 Å². The minimum absolute atomic E-state index is 0.0197. The first-order valence-corrected chi connectivity index (χ1v) is 11.4. The molecule has 1 aromatic heterocycles. The van der Waals surface area contributed by atoms with E-state index < -0.39 is 5.91 Å². The summed E-state index contributed by atoms with van der Waals surface area (Å²) in [4.78, 5) is 30.5. The number of nitrogens with zero attached hydrogens (tertiary/aromatic N) is 2. The summed E-state index contributed by atoms with van der Waals surface area (Å²) in [6.45, 7) is 2.22. The van der Waals surface area contributed by atoms with Gasteiger partial charge in [0, 0.05) is 50.3 Å². The van der Waals surface area contributed by atoms with Crippen LogP contribution in [0, 0.1) is 5.92 Å². The third-order valence-electron chi connectivity index (χ3n) is 6.04. The molecule has 1 saturated heterocycles. The smallest absolute Gasteiger partial charge is 0.252 e. The zero-order chi connectivity index (χ0) is 23.9. The molecule has 0 radical (unpaired) electrons. The van der Waals surface area contributed by atoms with E-state index >= 15 is 0 Å². The third-order valence-corrected chi connectivity index (χ3v) is 6.04. The van der Waals surface area contributed by atoms with Gasteiger partial charge in [-0.15, -0.1) is 0 Å². The summed E-state index contributed by atoms with van der Waals surface area (Å²) in [5.41, 5.74) is 9.56. The Balaban J connectivity index is 1.44. The fourth-order valence-corrected chi connectivity index (χ4v) is 4.19. The number of piperidine rings is 1. The molecule has 2 heterocycles. The summed E-state index contributed by atoms with van der Waals surface area (Å²) < 4.78 is 0. The lowest BCUT2D eigenvalue weighted by molar-refractivity contribution is -0.124. The Kier molecular flexibility index (Phi) is 7.27. The van der Waals surface area contributed by atoms with Crippen molar-refractivity contribution in [1.82, 2.24) is 10.3 Å². The van der Waals surface area contributed by atoms with Crippen LogP contribution >= 0.6 is 0 Å². The first kappa shape index (κ1) is 23.1. The number of pyridine rings is 1. The van der Waals surface area contributed by atoms with Gasteiger partial charge in [0.15, 0.2) is 0 Å². The number of nitrogens with two attached hydrogens (primary N) is 1. The van der Waals surface area contributed by atoms with Crippen molar-refractivity contribution in [1.29, 1.82) is 0 Å². The summed E-state index contributed by atoms with van der Waals surface area (Å²) >= 11 is 0. The first-order valence-electron chi connectivity index (χ1n) is 11.4. The molecular weight excluding hydrogens is 428 g/mol. The van der Waals surface area contributed by atoms with Crippen molar-refractivity contribution in [2.45, 2.75) is 19.4 Å². The van der Waals surface area contributed by atoms with Crippen molar-refractivity contribution in [2.24, 2.45) is 11.7 Å². The fourth-order valence-electron chi connectivity index (χ4n) is 4.19. The molecule has 0 bridgehead atoms. The Labute approximate surface area is 199 Å². The maximum atomic E-state index is 12.0. The summed E-state index contributed by atoms with van der Waals surface area (Å²) in [5, 5.41) is 9.34. The van der Waals surface area contributed by atoms with Crippen LogP contribution in [0.5, 0.6) is 0 Å². The largest absolute Gasteiger partial charge is 0.380 e. The van der Waals surface area contributed by atoms with Gasteiger partial charge >= 0.3 is 0 Å². The van der Waals surface area contributed by atoms with Gasteiger partial charge in [-0.2, -0.15) is 0 Å². The highest BCUT2D eigenvalue weighted by molar-refractivity contribution is 5.98. The number of hydrogen-bond acceptors (Lipinski definition) is 6. The Hall–Kier alpha value is -4.07. The van der Waals surface area contributed by atoms with Crippen LogP contribution in [-0.2, 0) is 11.3 Å². The number of rotatable bonds is 8. The minimum atomic E-state index is -0.532. The lowest BCUT2D eigenvalue weighted by Gasteiger charge is -2.33. The highest BCUT2D eigenvalue weighted by atomic mass is 16.2. The van der Waals surface area contributed by atoms with E-state index in [9.17, 15) is 9.59 Å².